The van der Waals surface area contributed by atoms with Crippen LogP contribution in [0.15, 0.2) is 0 Å². The van der Waals surface area contributed by atoms with Crippen LogP contribution in [0, 0.1) is 0 Å². The van der Waals surface area contributed by atoms with Gasteiger partial charge in [0.2, 0.25) is 0 Å². The SMILES string of the molecule is C1CC[N-]CC1.C1CC[N-]CC1.C1CC[N-]CC1.C1CC[N-]CC1.[Cl-].[Cl-].[Rh+2]. The van der Waals surface area contributed by atoms with E-state index in [4.69, 9.17) is 0 Å². The van der Waals surface area contributed by atoms with Gasteiger partial charge in [0.25, 0.3) is 0 Å². The van der Waals surface area contributed by atoms with Gasteiger partial charge in [0, 0.05) is 0 Å². The maximum atomic E-state index is 4.18. The topological polar surface area (TPSA) is 56.4 Å². The summed E-state index contributed by atoms with van der Waals surface area (Å²) in [5.41, 5.74) is 0. The van der Waals surface area contributed by atoms with Crippen LogP contribution in [-0.2, 0) is 19.5 Å². The molecule has 4 saturated heterocycles. The number of halogens is 2. The van der Waals surface area contributed by atoms with Crippen molar-refractivity contribution in [3.63, 3.8) is 0 Å². The van der Waals surface area contributed by atoms with E-state index in [0.29, 0.717) is 0 Å². The summed E-state index contributed by atoms with van der Waals surface area (Å²) in [5, 5.41) is 16.7. The summed E-state index contributed by atoms with van der Waals surface area (Å²) in [6, 6.07) is 0. The molecule has 4 fully saturated rings. The molecule has 0 aromatic rings. The largest absolute Gasteiger partial charge is 2.00 e. The fraction of sp³-hybridized carbons (Fsp3) is 1.00. The Morgan fingerprint density at radius 2 is 0.407 bits per heavy atom. The van der Waals surface area contributed by atoms with Crippen molar-refractivity contribution in [3.8, 4) is 0 Å². The molecule has 0 bridgehead atoms. The summed E-state index contributed by atoms with van der Waals surface area (Å²) in [4.78, 5) is 0. The van der Waals surface area contributed by atoms with Gasteiger partial charge in [0.15, 0.2) is 0 Å². The molecule has 0 unspecified atom stereocenters. The standard InChI is InChI=1S/4C5H10N.2ClH.Rh/c4*1-2-4-6-5-3-1;;;/h4*1-5H2;2*1H;/q4*-1;;;+2/p-2. The monoisotopic (exact) mass is 509 g/mol. The Balaban J connectivity index is -0.000000274. The van der Waals surface area contributed by atoms with Crippen molar-refractivity contribution in [3.05, 3.63) is 21.3 Å². The first-order valence-corrected chi connectivity index (χ1v) is 10.5. The number of piperidine rings is 4. The van der Waals surface area contributed by atoms with Crippen LogP contribution in [0.5, 0.6) is 0 Å². The molecule has 27 heavy (non-hydrogen) atoms. The predicted molar refractivity (Wildman–Crippen MR) is 108 cm³/mol. The minimum Gasteiger partial charge on any atom is -1.00 e. The first-order chi connectivity index (χ1) is 12.0. The van der Waals surface area contributed by atoms with E-state index in [9.17, 15) is 0 Å². The Hall–Kier alpha value is 1.04. The van der Waals surface area contributed by atoms with Crippen molar-refractivity contribution in [1.29, 1.82) is 0 Å². The number of hydrogen-bond acceptors (Lipinski definition) is 0. The summed E-state index contributed by atoms with van der Waals surface area (Å²) in [5.74, 6) is 0. The minimum absolute atomic E-state index is 0. The molecule has 0 saturated carbocycles. The Kier molecular flexibility index (Phi) is 35.4. The van der Waals surface area contributed by atoms with Crippen molar-refractivity contribution in [2.75, 3.05) is 52.4 Å². The second-order valence-electron chi connectivity index (χ2n) is 6.93. The zero-order chi connectivity index (χ0) is 17.0. The molecule has 0 aliphatic carbocycles. The molecular weight excluding hydrogens is 470 g/mol. The molecule has 0 aromatic carbocycles. The molecule has 4 rings (SSSR count). The third-order valence-electron chi connectivity index (χ3n) is 4.53. The summed E-state index contributed by atoms with van der Waals surface area (Å²) < 4.78 is 0. The first kappa shape index (κ1) is 32.7. The Morgan fingerprint density at radius 1 is 0.259 bits per heavy atom. The van der Waals surface area contributed by atoms with Crippen LogP contribution in [0.3, 0.4) is 0 Å². The average Bonchev–Trinajstić information content (AvgIpc) is 2.75. The van der Waals surface area contributed by atoms with Crippen LogP contribution < -0.4 is 24.8 Å². The molecule has 4 aliphatic rings. The van der Waals surface area contributed by atoms with Gasteiger partial charge in [-0.15, -0.1) is 52.4 Å². The van der Waals surface area contributed by atoms with Gasteiger partial charge in [-0.2, -0.15) is 0 Å². The average molecular weight is 510 g/mol. The molecule has 0 amide bonds. The Morgan fingerprint density at radius 3 is 0.444 bits per heavy atom. The molecule has 7 heteroatoms. The van der Waals surface area contributed by atoms with Crippen LogP contribution in [0.1, 0.15) is 77.0 Å². The molecule has 4 aliphatic heterocycles. The van der Waals surface area contributed by atoms with Crippen molar-refractivity contribution >= 4 is 0 Å². The molecule has 4 nitrogen and oxygen atoms in total. The maximum Gasteiger partial charge on any atom is 2.00 e. The van der Waals surface area contributed by atoms with E-state index >= 15 is 0 Å². The molecule has 0 atom stereocenters. The molecule has 4 heterocycles. The predicted octanol–water partition coefficient (Wildman–Crippen LogP) is 0.182. The fourth-order valence-electron chi connectivity index (χ4n) is 2.94. The summed E-state index contributed by atoms with van der Waals surface area (Å²) in [6.45, 7) is 9.00. The molecule has 0 aromatic heterocycles. The Labute approximate surface area is 194 Å². The number of hydrogen-bond donors (Lipinski definition) is 0. The van der Waals surface area contributed by atoms with Gasteiger partial charge in [0.1, 0.15) is 0 Å². The van der Waals surface area contributed by atoms with E-state index in [1.165, 1.54) is 77.0 Å². The first-order valence-electron chi connectivity index (χ1n) is 10.5. The number of nitrogens with zero attached hydrogens (tertiary/aromatic N) is 4. The fourth-order valence-corrected chi connectivity index (χ4v) is 2.94. The quantitative estimate of drug-likeness (QED) is 0.418. The third kappa shape index (κ3) is 27.0. The second-order valence-corrected chi connectivity index (χ2v) is 6.93. The molecule has 0 N–H and O–H groups in total. The number of rotatable bonds is 0. The van der Waals surface area contributed by atoms with Crippen molar-refractivity contribution < 1.29 is 44.3 Å². The van der Waals surface area contributed by atoms with Crippen molar-refractivity contribution in [2.45, 2.75) is 77.0 Å². The van der Waals surface area contributed by atoms with Crippen molar-refractivity contribution in [1.82, 2.24) is 0 Å². The van der Waals surface area contributed by atoms with E-state index < -0.39 is 0 Å². The van der Waals surface area contributed by atoms with Gasteiger partial charge in [-0.1, -0.05) is 77.0 Å². The smallest absolute Gasteiger partial charge is 1.00 e. The van der Waals surface area contributed by atoms with E-state index in [1.54, 1.807) is 0 Å². The van der Waals surface area contributed by atoms with E-state index in [1.807, 2.05) is 0 Å². The second kappa shape index (κ2) is 29.2. The van der Waals surface area contributed by atoms with E-state index in [0.717, 1.165) is 52.4 Å². The van der Waals surface area contributed by atoms with Crippen LogP contribution in [0.4, 0.5) is 0 Å². The van der Waals surface area contributed by atoms with Crippen molar-refractivity contribution in [2.24, 2.45) is 0 Å². The molecule has 0 spiro atoms. The van der Waals surface area contributed by atoms with Gasteiger partial charge in [-0.05, 0) is 0 Å². The molecule has 167 valence electrons. The maximum absolute atomic E-state index is 4.18. The van der Waals surface area contributed by atoms with Crippen LogP contribution in [-0.4, -0.2) is 52.4 Å². The van der Waals surface area contributed by atoms with Gasteiger partial charge in [-0.25, -0.2) is 0 Å². The molecular formula is C20H40Cl2N4Rh-4. The Bertz CT molecular complexity index is 142. The zero-order valence-electron chi connectivity index (χ0n) is 17.0. The summed E-state index contributed by atoms with van der Waals surface area (Å²) in [7, 11) is 0. The zero-order valence-corrected chi connectivity index (χ0v) is 20.2. The minimum atomic E-state index is 0. The van der Waals surface area contributed by atoms with Crippen LogP contribution in [0.25, 0.3) is 21.3 Å². The van der Waals surface area contributed by atoms with Gasteiger partial charge < -0.3 is 46.1 Å². The van der Waals surface area contributed by atoms with E-state index in [2.05, 4.69) is 21.3 Å². The van der Waals surface area contributed by atoms with Gasteiger partial charge >= 0.3 is 19.5 Å². The van der Waals surface area contributed by atoms with Crippen LogP contribution in [0.2, 0.25) is 0 Å². The van der Waals surface area contributed by atoms with Crippen LogP contribution >= 0.6 is 0 Å². The van der Waals surface area contributed by atoms with Gasteiger partial charge in [-0.3, -0.25) is 0 Å². The third-order valence-corrected chi connectivity index (χ3v) is 4.53. The summed E-state index contributed by atoms with van der Waals surface area (Å²) >= 11 is 0. The summed E-state index contributed by atoms with van der Waals surface area (Å²) in [6.07, 6.45) is 16.3. The molecule has 1 radical (unpaired) electrons. The van der Waals surface area contributed by atoms with Gasteiger partial charge in [0.05, 0.1) is 0 Å². The normalized spacial score (nSPS) is 21.3. The van der Waals surface area contributed by atoms with E-state index in [-0.39, 0.29) is 44.3 Å².